The number of hydrogen-bond donors (Lipinski definition) is 3. The third-order valence-corrected chi connectivity index (χ3v) is 5.85. The van der Waals surface area contributed by atoms with Crippen LogP contribution in [-0.2, 0) is 4.74 Å². The summed E-state index contributed by atoms with van der Waals surface area (Å²) in [5.41, 5.74) is 5.07. The average molecular weight is 444 g/mol. The zero-order valence-electron chi connectivity index (χ0n) is 18.1. The lowest BCUT2D eigenvalue weighted by molar-refractivity contribution is 0.0185. The van der Waals surface area contributed by atoms with Gasteiger partial charge in [-0.2, -0.15) is 5.26 Å². The van der Waals surface area contributed by atoms with E-state index in [1.165, 1.54) is 13.2 Å². The number of aliphatic hydroxyl groups is 2. The van der Waals surface area contributed by atoms with Crippen LogP contribution < -0.4 is 10.1 Å². The Bertz CT molecular complexity index is 1160. The molecule has 0 bridgehead atoms. The molecule has 0 heterocycles. The molecule has 7 nitrogen and oxygen atoms in total. The summed E-state index contributed by atoms with van der Waals surface area (Å²) >= 11 is 0. The monoisotopic (exact) mass is 444 g/mol. The van der Waals surface area contributed by atoms with Crippen molar-refractivity contribution >= 4 is 6.09 Å². The lowest BCUT2D eigenvalue weighted by Crippen LogP contribution is -2.36. The smallest absolute Gasteiger partial charge is 0.407 e. The second kappa shape index (κ2) is 9.74. The molecule has 3 aromatic carbocycles. The zero-order chi connectivity index (χ0) is 23.4. The van der Waals surface area contributed by atoms with Gasteiger partial charge in [-0.15, -0.1) is 0 Å². The van der Waals surface area contributed by atoms with Crippen LogP contribution in [0.25, 0.3) is 11.1 Å². The topological polar surface area (TPSA) is 112 Å². The molecule has 0 aromatic heterocycles. The summed E-state index contributed by atoms with van der Waals surface area (Å²) in [6, 6.07) is 22.6. The summed E-state index contributed by atoms with van der Waals surface area (Å²) in [5, 5.41) is 32.4. The highest BCUT2D eigenvalue weighted by molar-refractivity contribution is 5.79. The minimum atomic E-state index is -1.29. The number of carbonyl (C=O) groups is 1. The normalized spacial score (nSPS) is 13.9. The lowest BCUT2D eigenvalue weighted by Gasteiger charge is -2.20. The summed E-state index contributed by atoms with van der Waals surface area (Å²) in [6.07, 6.45) is -3.27. The van der Waals surface area contributed by atoms with E-state index in [-0.39, 0.29) is 24.6 Å². The largest absolute Gasteiger partial charge is 0.495 e. The number of nitrogens with zero attached hydrogens (tertiary/aromatic N) is 1. The first-order valence-electron chi connectivity index (χ1n) is 10.6. The third kappa shape index (κ3) is 4.53. The number of benzene rings is 3. The minimum Gasteiger partial charge on any atom is -0.495 e. The maximum absolute atomic E-state index is 12.3. The predicted molar refractivity (Wildman–Crippen MR) is 122 cm³/mol. The van der Waals surface area contributed by atoms with E-state index in [9.17, 15) is 20.3 Å². The number of aliphatic hydroxyl groups excluding tert-OH is 2. The standard InChI is InChI=1S/C26H24N2O5/c1-32-24-11-10-16(12-17(24)13-27)25(30)23(29)14-28-26(31)33-15-22-20-8-4-2-6-18(20)19-7-3-5-9-21(19)22/h2-12,22-23,25,29-30H,14-15H2,1H3,(H,28,31). The number of hydrogen-bond acceptors (Lipinski definition) is 6. The van der Waals surface area contributed by atoms with Gasteiger partial charge >= 0.3 is 6.09 Å². The minimum absolute atomic E-state index is 0.0673. The molecule has 1 amide bonds. The molecule has 4 rings (SSSR count). The van der Waals surface area contributed by atoms with Crippen molar-refractivity contribution in [1.82, 2.24) is 5.32 Å². The molecule has 2 atom stereocenters. The molecule has 168 valence electrons. The second-order valence-electron chi connectivity index (χ2n) is 7.79. The Morgan fingerprint density at radius 1 is 1.06 bits per heavy atom. The van der Waals surface area contributed by atoms with Gasteiger partial charge in [-0.25, -0.2) is 4.79 Å². The molecule has 7 heteroatoms. The van der Waals surface area contributed by atoms with E-state index in [1.807, 2.05) is 42.5 Å². The van der Waals surface area contributed by atoms with Crippen molar-refractivity contribution in [2.24, 2.45) is 0 Å². The second-order valence-corrected chi connectivity index (χ2v) is 7.79. The summed E-state index contributed by atoms with van der Waals surface area (Å²) in [5.74, 6) is 0.307. The van der Waals surface area contributed by atoms with Crippen molar-refractivity contribution in [3.63, 3.8) is 0 Å². The molecular weight excluding hydrogens is 420 g/mol. The van der Waals surface area contributed by atoms with E-state index in [0.717, 1.165) is 22.3 Å². The van der Waals surface area contributed by atoms with Crippen molar-refractivity contribution < 1.29 is 24.5 Å². The molecule has 2 unspecified atom stereocenters. The molecule has 0 saturated heterocycles. The predicted octanol–water partition coefficient (Wildman–Crippen LogP) is 3.50. The number of fused-ring (bicyclic) bond motifs is 3. The molecule has 1 aliphatic carbocycles. The molecule has 33 heavy (non-hydrogen) atoms. The van der Waals surface area contributed by atoms with Crippen LogP contribution in [0.15, 0.2) is 66.7 Å². The van der Waals surface area contributed by atoms with E-state index in [2.05, 4.69) is 17.4 Å². The summed E-state index contributed by atoms with van der Waals surface area (Å²) < 4.78 is 10.5. The fourth-order valence-electron chi connectivity index (χ4n) is 4.17. The maximum atomic E-state index is 12.3. The maximum Gasteiger partial charge on any atom is 0.407 e. The van der Waals surface area contributed by atoms with Gasteiger partial charge in [-0.05, 0) is 39.9 Å². The first kappa shape index (κ1) is 22.3. The Morgan fingerprint density at radius 3 is 2.30 bits per heavy atom. The van der Waals surface area contributed by atoms with Crippen LogP contribution in [0.1, 0.15) is 34.3 Å². The number of methoxy groups -OCH3 is 1. The van der Waals surface area contributed by atoms with Gasteiger partial charge in [0.25, 0.3) is 0 Å². The number of carbonyl (C=O) groups excluding carboxylic acids is 1. The number of nitrogens with one attached hydrogen (secondary N) is 1. The van der Waals surface area contributed by atoms with Gasteiger partial charge in [0.2, 0.25) is 0 Å². The van der Waals surface area contributed by atoms with E-state index in [0.29, 0.717) is 11.3 Å². The first-order valence-corrected chi connectivity index (χ1v) is 10.6. The molecular formula is C26H24N2O5. The van der Waals surface area contributed by atoms with E-state index in [1.54, 1.807) is 12.1 Å². The summed E-state index contributed by atoms with van der Waals surface area (Å²) in [6.45, 7) is -0.0612. The Labute approximate surface area is 191 Å². The molecule has 3 N–H and O–H groups in total. The quantitative estimate of drug-likeness (QED) is 0.514. The number of alkyl carbamates (subject to hydrolysis) is 1. The number of amides is 1. The van der Waals surface area contributed by atoms with Gasteiger partial charge in [-0.1, -0.05) is 54.6 Å². The van der Waals surface area contributed by atoms with Gasteiger partial charge in [0.15, 0.2) is 0 Å². The van der Waals surface area contributed by atoms with Crippen molar-refractivity contribution in [3.8, 4) is 22.9 Å². The Balaban J connectivity index is 1.34. The van der Waals surface area contributed by atoms with E-state index >= 15 is 0 Å². The van der Waals surface area contributed by atoms with Crippen molar-refractivity contribution in [3.05, 3.63) is 89.0 Å². The molecule has 0 fully saturated rings. The van der Waals surface area contributed by atoms with Gasteiger partial charge in [-0.3, -0.25) is 0 Å². The van der Waals surface area contributed by atoms with E-state index in [4.69, 9.17) is 9.47 Å². The Morgan fingerprint density at radius 2 is 1.70 bits per heavy atom. The van der Waals surface area contributed by atoms with Crippen LogP contribution in [-0.4, -0.2) is 42.7 Å². The summed E-state index contributed by atoms with van der Waals surface area (Å²) in [7, 11) is 1.44. The van der Waals surface area contributed by atoms with Gasteiger partial charge < -0.3 is 25.0 Å². The molecule has 0 spiro atoms. The lowest BCUT2D eigenvalue weighted by atomic mass is 9.98. The Hall–Kier alpha value is -3.86. The highest BCUT2D eigenvalue weighted by Gasteiger charge is 2.29. The van der Waals surface area contributed by atoms with E-state index < -0.39 is 18.3 Å². The van der Waals surface area contributed by atoms with Gasteiger partial charge in [0.1, 0.15) is 30.6 Å². The van der Waals surface area contributed by atoms with Crippen LogP contribution in [0, 0.1) is 11.3 Å². The van der Waals surface area contributed by atoms with Gasteiger partial charge in [0, 0.05) is 12.5 Å². The van der Waals surface area contributed by atoms with Crippen LogP contribution >= 0.6 is 0 Å². The molecule has 1 aliphatic rings. The van der Waals surface area contributed by atoms with Crippen LogP contribution in [0.5, 0.6) is 5.75 Å². The molecule has 0 radical (unpaired) electrons. The first-order chi connectivity index (χ1) is 16.0. The van der Waals surface area contributed by atoms with Crippen LogP contribution in [0.2, 0.25) is 0 Å². The fraction of sp³-hybridized carbons (Fsp3) is 0.231. The highest BCUT2D eigenvalue weighted by Crippen LogP contribution is 2.44. The number of nitriles is 1. The Kier molecular flexibility index (Phi) is 6.59. The number of rotatable bonds is 7. The average Bonchev–Trinajstić information content (AvgIpc) is 3.18. The summed E-state index contributed by atoms with van der Waals surface area (Å²) in [4.78, 5) is 12.3. The molecule has 3 aromatic rings. The zero-order valence-corrected chi connectivity index (χ0v) is 18.1. The van der Waals surface area contributed by atoms with Crippen molar-refractivity contribution in [1.29, 1.82) is 5.26 Å². The molecule has 0 aliphatic heterocycles. The SMILES string of the molecule is COc1ccc(C(O)C(O)CNC(=O)OCC2c3ccccc3-c3ccccc32)cc1C#N. The number of ether oxygens (including phenoxy) is 2. The van der Waals surface area contributed by atoms with Gasteiger partial charge in [0.05, 0.1) is 12.7 Å². The highest BCUT2D eigenvalue weighted by atomic mass is 16.5. The van der Waals surface area contributed by atoms with Crippen LogP contribution in [0.4, 0.5) is 4.79 Å². The fourth-order valence-corrected chi connectivity index (χ4v) is 4.17. The van der Waals surface area contributed by atoms with Crippen molar-refractivity contribution in [2.45, 2.75) is 18.1 Å². The third-order valence-electron chi connectivity index (χ3n) is 5.85. The molecule has 0 saturated carbocycles. The van der Waals surface area contributed by atoms with Crippen LogP contribution in [0.3, 0.4) is 0 Å². The van der Waals surface area contributed by atoms with Crippen molar-refractivity contribution in [2.75, 3.05) is 20.3 Å².